The van der Waals surface area contributed by atoms with Crippen molar-refractivity contribution in [3.8, 4) is 11.3 Å². The second-order valence-electron chi connectivity index (χ2n) is 8.27. The number of piperidine rings is 2. The Morgan fingerprint density at radius 2 is 1.79 bits per heavy atom. The summed E-state index contributed by atoms with van der Waals surface area (Å²) in [4.78, 5) is 29.6. The maximum Gasteiger partial charge on any atom is 0.271 e. The summed E-state index contributed by atoms with van der Waals surface area (Å²) >= 11 is 3.43. The van der Waals surface area contributed by atoms with E-state index in [1.165, 1.54) is 6.42 Å². The Labute approximate surface area is 179 Å². The normalized spacial score (nSPS) is 20.7. The number of hydrogen-bond donors (Lipinski definition) is 1. The van der Waals surface area contributed by atoms with E-state index in [1.807, 2.05) is 34.1 Å². The van der Waals surface area contributed by atoms with Crippen LogP contribution in [0.25, 0.3) is 11.3 Å². The number of hydrogen-bond acceptors (Lipinski definition) is 3. The largest absolute Gasteiger partial charge is 0.342 e. The molecule has 3 heterocycles. The molecule has 1 N–H and O–H groups in total. The molecule has 2 aliphatic rings. The minimum atomic E-state index is -0.0432. The molecular weight excluding hydrogens is 432 g/mol. The Kier molecular flexibility index (Phi) is 6.04. The zero-order chi connectivity index (χ0) is 20.4. The van der Waals surface area contributed by atoms with Crippen molar-refractivity contribution in [1.29, 1.82) is 0 Å². The third kappa shape index (κ3) is 4.55. The number of carbonyl (C=O) groups excluding carboxylic acids is 2. The molecule has 0 saturated carbocycles. The summed E-state index contributed by atoms with van der Waals surface area (Å²) in [6.07, 6.45) is 3.79. The molecule has 6 nitrogen and oxygen atoms in total. The Balaban J connectivity index is 1.34. The lowest BCUT2D eigenvalue weighted by molar-refractivity contribution is -0.138. The number of amides is 2. The number of aromatic amines is 1. The molecule has 0 bridgehead atoms. The van der Waals surface area contributed by atoms with Crippen LogP contribution in [0.3, 0.4) is 0 Å². The van der Waals surface area contributed by atoms with E-state index in [-0.39, 0.29) is 17.7 Å². The molecular formula is C22H27BrN4O2. The van der Waals surface area contributed by atoms with E-state index in [0.29, 0.717) is 24.7 Å². The highest BCUT2D eigenvalue weighted by atomic mass is 79.9. The predicted molar refractivity (Wildman–Crippen MR) is 115 cm³/mol. The van der Waals surface area contributed by atoms with Crippen LogP contribution in [0.4, 0.5) is 0 Å². The van der Waals surface area contributed by atoms with Crippen LogP contribution < -0.4 is 0 Å². The van der Waals surface area contributed by atoms with Gasteiger partial charge in [-0.3, -0.25) is 14.7 Å². The lowest BCUT2D eigenvalue weighted by Gasteiger charge is -2.37. The molecule has 29 heavy (non-hydrogen) atoms. The first kappa shape index (κ1) is 20.1. The minimum Gasteiger partial charge on any atom is -0.342 e. The number of halogens is 1. The molecule has 1 unspecified atom stereocenters. The molecule has 1 aromatic carbocycles. The molecule has 4 rings (SSSR count). The zero-order valence-corrected chi connectivity index (χ0v) is 18.3. The van der Waals surface area contributed by atoms with E-state index in [4.69, 9.17) is 0 Å². The van der Waals surface area contributed by atoms with Crippen LogP contribution in [0.2, 0.25) is 0 Å². The van der Waals surface area contributed by atoms with Gasteiger partial charge in [-0.05, 0) is 49.8 Å². The lowest BCUT2D eigenvalue weighted by Crippen LogP contribution is -2.47. The summed E-state index contributed by atoms with van der Waals surface area (Å²) in [5.74, 6) is 0.875. The lowest BCUT2D eigenvalue weighted by atomic mass is 9.92. The summed E-state index contributed by atoms with van der Waals surface area (Å²) < 4.78 is 1.00. The van der Waals surface area contributed by atoms with Crippen LogP contribution in [0.15, 0.2) is 34.8 Å². The zero-order valence-electron chi connectivity index (χ0n) is 16.7. The van der Waals surface area contributed by atoms with Crippen LogP contribution in [0.1, 0.15) is 43.1 Å². The molecule has 154 valence electrons. The van der Waals surface area contributed by atoms with Gasteiger partial charge < -0.3 is 9.80 Å². The third-order valence-corrected chi connectivity index (χ3v) is 6.58. The van der Waals surface area contributed by atoms with Crippen LogP contribution in [-0.4, -0.2) is 58.0 Å². The van der Waals surface area contributed by atoms with Gasteiger partial charge in [0.2, 0.25) is 5.91 Å². The number of nitrogens with zero attached hydrogens (tertiary/aromatic N) is 3. The number of rotatable bonds is 3. The number of nitrogens with one attached hydrogen (secondary N) is 1. The van der Waals surface area contributed by atoms with Gasteiger partial charge in [0.1, 0.15) is 5.69 Å². The molecule has 2 aromatic rings. The third-order valence-electron chi connectivity index (χ3n) is 6.05. The smallest absolute Gasteiger partial charge is 0.271 e. The van der Waals surface area contributed by atoms with Gasteiger partial charge in [-0.2, -0.15) is 5.10 Å². The first-order valence-electron chi connectivity index (χ1n) is 10.4. The number of benzene rings is 1. The summed E-state index contributed by atoms with van der Waals surface area (Å²) in [5.41, 5.74) is 2.21. The molecule has 1 aromatic heterocycles. The average molecular weight is 459 g/mol. The van der Waals surface area contributed by atoms with Gasteiger partial charge in [0.05, 0.1) is 5.69 Å². The molecule has 0 spiro atoms. The van der Waals surface area contributed by atoms with Crippen molar-refractivity contribution in [1.82, 2.24) is 20.0 Å². The summed E-state index contributed by atoms with van der Waals surface area (Å²) in [6, 6.07) is 9.64. The van der Waals surface area contributed by atoms with Crippen LogP contribution in [0.5, 0.6) is 0 Å². The van der Waals surface area contributed by atoms with E-state index in [9.17, 15) is 9.59 Å². The molecule has 1 atom stereocenters. The topological polar surface area (TPSA) is 69.3 Å². The van der Waals surface area contributed by atoms with E-state index >= 15 is 0 Å². The Morgan fingerprint density at radius 3 is 2.48 bits per heavy atom. The Hall–Kier alpha value is -2.15. The van der Waals surface area contributed by atoms with E-state index < -0.39 is 0 Å². The van der Waals surface area contributed by atoms with Gasteiger partial charge in [0.25, 0.3) is 5.91 Å². The van der Waals surface area contributed by atoms with Crippen LogP contribution >= 0.6 is 15.9 Å². The Bertz CT molecular complexity index is 871. The van der Waals surface area contributed by atoms with Crippen LogP contribution in [0, 0.1) is 11.8 Å². The van der Waals surface area contributed by atoms with E-state index in [2.05, 4.69) is 33.1 Å². The fourth-order valence-electron chi connectivity index (χ4n) is 4.35. The molecule has 2 amide bonds. The maximum absolute atomic E-state index is 12.9. The number of likely N-dealkylation sites (tertiary alicyclic amines) is 2. The predicted octanol–water partition coefficient (Wildman–Crippen LogP) is 3.95. The van der Waals surface area contributed by atoms with Crippen molar-refractivity contribution in [3.63, 3.8) is 0 Å². The maximum atomic E-state index is 12.9. The molecule has 2 fully saturated rings. The molecule has 2 aliphatic heterocycles. The van der Waals surface area contributed by atoms with Crippen molar-refractivity contribution in [2.75, 3.05) is 26.2 Å². The van der Waals surface area contributed by atoms with E-state index in [0.717, 1.165) is 48.1 Å². The first-order valence-corrected chi connectivity index (χ1v) is 11.2. The fraction of sp³-hybridized carbons (Fsp3) is 0.500. The molecule has 2 saturated heterocycles. The summed E-state index contributed by atoms with van der Waals surface area (Å²) in [5, 5.41) is 7.17. The standard InChI is InChI=1S/C22H27BrN4O2/c1-15-3-2-10-27(14-15)21(28)17-8-11-26(12-9-17)22(29)20-13-19(24-25-20)16-4-6-18(23)7-5-16/h4-7,13,15,17H,2-3,8-12,14H2,1H3,(H,24,25). The SMILES string of the molecule is CC1CCCN(C(=O)C2CCN(C(=O)c3cc(-c4ccc(Br)cc4)n[nH]3)CC2)C1. The molecule has 0 aliphatic carbocycles. The number of aromatic nitrogens is 2. The van der Waals surface area contributed by atoms with Crippen molar-refractivity contribution in [3.05, 3.63) is 40.5 Å². The van der Waals surface area contributed by atoms with E-state index in [1.54, 1.807) is 6.07 Å². The average Bonchev–Trinajstić information content (AvgIpc) is 3.23. The van der Waals surface area contributed by atoms with Gasteiger partial charge in [-0.1, -0.05) is 35.0 Å². The summed E-state index contributed by atoms with van der Waals surface area (Å²) in [7, 11) is 0. The first-order chi connectivity index (χ1) is 14.0. The highest BCUT2D eigenvalue weighted by molar-refractivity contribution is 9.10. The Morgan fingerprint density at radius 1 is 1.07 bits per heavy atom. The fourth-order valence-corrected chi connectivity index (χ4v) is 4.61. The second-order valence-corrected chi connectivity index (χ2v) is 9.19. The van der Waals surface area contributed by atoms with Crippen molar-refractivity contribution < 1.29 is 9.59 Å². The van der Waals surface area contributed by atoms with Gasteiger partial charge in [-0.25, -0.2) is 0 Å². The van der Waals surface area contributed by atoms with Gasteiger partial charge >= 0.3 is 0 Å². The van der Waals surface area contributed by atoms with Crippen molar-refractivity contribution in [2.24, 2.45) is 11.8 Å². The molecule has 0 radical (unpaired) electrons. The molecule has 7 heteroatoms. The quantitative estimate of drug-likeness (QED) is 0.756. The van der Waals surface area contributed by atoms with Gasteiger partial charge in [-0.15, -0.1) is 0 Å². The van der Waals surface area contributed by atoms with Crippen molar-refractivity contribution in [2.45, 2.75) is 32.6 Å². The van der Waals surface area contributed by atoms with Crippen LogP contribution in [-0.2, 0) is 4.79 Å². The number of carbonyl (C=O) groups is 2. The van der Waals surface area contributed by atoms with Crippen molar-refractivity contribution >= 4 is 27.7 Å². The highest BCUT2D eigenvalue weighted by Gasteiger charge is 2.32. The van der Waals surface area contributed by atoms with Gasteiger partial charge in [0.15, 0.2) is 0 Å². The van der Waals surface area contributed by atoms with Gasteiger partial charge in [0, 0.05) is 42.1 Å². The minimum absolute atomic E-state index is 0.0432. The monoisotopic (exact) mass is 458 g/mol. The second kappa shape index (κ2) is 8.69. The number of H-pyrrole nitrogens is 1. The summed E-state index contributed by atoms with van der Waals surface area (Å²) in [6.45, 7) is 5.21. The highest BCUT2D eigenvalue weighted by Crippen LogP contribution is 2.25.